The molecule has 0 saturated carbocycles. The molecule has 1 aliphatic rings. The van der Waals surface area contributed by atoms with Crippen LogP contribution >= 0.6 is 30.0 Å². The summed E-state index contributed by atoms with van der Waals surface area (Å²) in [5.41, 5.74) is 4.08. The number of aryl methyl sites for hydroxylation is 1. The molecule has 2 aromatic rings. The third kappa shape index (κ3) is 4.18. The number of aromatic nitrogens is 2. The van der Waals surface area contributed by atoms with E-state index in [0.29, 0.717) is 5.66 Å². The second kappa shape index (κ2) is 6.96. The van der Waals surface area contributed by atoms with Crippen molar-refractivity contribution in [3.8, 4) is 0 Å². The molecule has 1 aromatic carbocycles. The van der Waals surface area contributed by atoms with Crippen LogP contribution in [0.1, 0.15) is 37.7 Å². The largest absolute Gasteiger partial charge is 0.303 e. The van der Waals surface area contributed by atoms with E-state index in [2.05, 4.69) is 62.3 Å². The Morgan fingerprint density at radius 2 is 2.12 bits per heavy atom. The van der Waals surface area contributed by atoms with Crippen molar-refractivity contribution in [3.63, 3.8) is 0 Å². The highest BCUT2D eigenvalue weighted by molar-refractivity contribution is 7.72. The molecule has 1 aliphatic heterocycles. The SMILES string of the molecule is C=P(C)(C)C(C)Cc1cc(N=c2snc3n2CC(C)(C)C3)c(C)cc1Cl. The fraction of sp³-hybridized carbons (Fsp3) is 0.550. The van der Waals surface area contributed by atoms with E-state index in [-0.39, 0.29) is 5.41 Å². The van der Waals surface area contributed by atoms with Crippen molar-refractivity contribution in [1.29, 1.82) is 0 Å². The van der Waals surface area contributed by atoms with E-state index in [1.807, 2.05) is 6.07 Å². The first-order valence-corrected chi connectivity index (χ1v) is 13.1. The van der Waals surface area contributed by atoms with Gasteiger partial charge in [-0.05, 0) is 61.0 Å². The van der Waals surface area contributed by atoms with Crippen molar-refractivity contribution in [2.45, 2.75) is 52.7 Å². The lowest BCUT2D eigenvalue weighted by Gasteiger charge is -2.23. The normalized spacial score (nSPS) is 18.2. The first-order chi connectivity index (χ1) is 12.0. The van der Waals surface area contributed by atoms with Gasteiger partial charge < -0.3 is 4.57 Å². The van der Waals surface area contributed by atoms with Crippen LogP contribution in [-0.2, 0) is 19.4 Å². The summed E-state index contributed by atoms with van der Waals surface area (Å²) in [6, 6.07) is 4.21. The summed E-state index contributed by atoms with van der Waals surface area (Å²) in [5.74, 6) is 1.16. The molecule has 0 fully saturated rings. The summed E-state index contributed by atoms with van der Waals surface area (Å²) in [4.78, 5) is 5.95. The number of hydrogen-bond acceptors (Lipinski definition) is 3. The highest BCUT2D eigenvalue weighted by Crippen LogP contribution is 2.44. The first-order valence-electron chi connectivity index (χ1n) is 9.03. The Hall–Kier alpha value is -0.830. The molecule has 0 amide bonds. The van der Waals surface area contributed by atoms with Crippen molar-refractivity contribution in [3.05, 3.63) is 38.9 Å². The lowest BCUT2D eigenvalue weighted by molar-refractivity contribution is 0.356. The van der Waals surface area contributed by atoms with Gasteiger partial charge in [-0.1, -0.05) is 32.4 Å². The Bertz CT molecular complexity index is 948. The quantitative estimate of drug-likeness (QED) is 0.625. The van der Waals surface area contributed by atoms with Crippen LogP contribution in [-0.4, -0.2) is 34.2 Å². The molecule has 3 nitrogen and oxygen atoms in total. The molecule has 0 aliphatic carbocycles. The maximum absolute atomic E-state index is 6.54. The molecule has 0 spiro atoms. The van der Waals surface area contributed by atoms with Crippen LogP contribution in [0.25, 0.3) is 0 Å². The van der Waals surface area contributed by atoms with Crippen molar-refractivity contribution in [2.24, 2.45) is 10.4 Å². The van der Waals surface area contributed by atoms with Crippen molar-refractivity contribution >= 4 is 42.0 Å². The van der Waals surface area contributed by atoms with Crippen molar-refractivity contribution < 1.29 is 0 Å². The van der Waals surface area contributed by atoms with Crippen molar-refractivity contribution in [2.75, 3.05) is 13.3 Å². The average Bonchev–Trinajstić information content (AvgIpc) is 2.99. The minimum absolute atomic E-state index is 0.264. The molecule has 3 rings (SSSR count). The summed E-state index contributed by atoms with van der Waals surface area (Å²) in [6.45, 7) is 13.3. The van der Waals surface area contributed by atoms with Crippen LogP contribution in [0.5, 0.6) is 0 Å². The topological polar surface area (TPSA) is 30.2 Å². The van der Waals surface area contributed by atoms with Gasteiger partial charge >= 0.3 is 0 Å². The molecule has 1 aromatic heterocycles. The molecule has 0 radical (unpaired) electrons. The zero-order valence-corrected chi connectivity index (χ0v) is 19.1. The molecule has 0 bridgehead atoms. The molecular weight excluding hydrogens is 381 g/mol. The molecular formula is C20H29ClN3PS. The molecule has 142 valence electrons. The van der Waals surface area contributed by atoms with Crippen LogP contribution in [0.2, 0.25) is 5.02 Å². The molecule has 6 heteroatoms. The Morgan fingerprint density at radius 1 is 1.42 bits per heavy atom. The number of halogens is 1. The lowest BCUT2D eigenvalue weighted by atomic mass is 9.92. The van der Waals surface area contributed by atoms with Gasteiger partial charge in [0.1, 0.15) is 5.82 Å². The van der Waals surface area contributed by atoms with E-state index >= 15 is 0 Å². The number of rotatable bonds is 4. The molecule has 1 atom stereocenters. The van der Waals surface area contributed by atoms with Gasteiger partial charge in [0.25, 0.3) is 0 Å². The van der Waals surface area contributed by atoms with E-state index < -0.39 is 6.89 Å². The summed E-state index contributed by atoms with van der Waals surface area (Å²) in [7, 11) is 0. The highest BCUT2D eigenvalue weighted by atomic mass is 35.5. The Balaban J connectivity index is 2.00. The maximum atomic E-state index is 6.54. The van der Waals surface area contributed by atoms with Crippen LogP contribution in [0.15, 0.2) is 17.1 Å². The minimum atomic E-state index is -1.15. The van der Waals surface area contributed by atoms with E-state index in [9.17, 15) is 0 Å². The molecule has 0 saturated heterocycles. The second-order valence-electron chi connectivity index (χ2n) is 8.98. The summed E-state index contributed by atoms with van der Waals surface area (Å²) in [6.07, 6.45) is 6.35. The standard InChI is InChI=1S/C20H29ClN3PS/c1-13-8-16(21)15(9-14(2)25(5,6)7)10-17(13)22-19-24-12-20(3,4)11-18(24)23-26-19/h8,10,14H,5,9,11-12H2,1-4,6-7H3. The van der Waals surface area contributed by atoms with Gasteiger partial charge in [-0.2, -0.15) is 4.37 Å². The van der Waals surface area contributed by atoms with Crippen molar-refractivity contribution in [1.82, 2.24) is 8.94 Å². The third-order valence-corrected chi connectivity index (χ3v) is 8.99. The molecule has 2 heterocycles. The summed E-state index contributed by atoms with van der Waals surface area (Å²) < 4.78 is 6.89. The Labute approximate surface area is 166 Å². The molecule has 0 N–H and O–H groups in total. The summed E-state index contributed by atoms with van der Waals surface area (Å²) >= 11 is 8.04. The first kappa shape index (κ1) is 19.9. The van der Waals surface area contributed by atoms with Gasteiger partial charge in [0.15, 0.2) is 0 Å². The zero-order valence-electron chi connectivity index (χ0n) is 16.6. The molecule has 26 heavy (non-hydrogen) atoms. The van der Waals surface area contributed by atoms with Gasteiger partial charge in [0, 0.05) is 29.5 Å². The number of fused-ring (bicyclic) bond motifs is 1. The smallest absolute Gasteiger partial charge is 0.209 e. The number of nitrogens with zero attached hydrogens (tertiary/aromatic N) is 3. The van der Waals surface area contributed by atoms with E-state index in [1.165, 1.54) is 17.1 Å². The Morgan fingerprint density at radius 3 is 2.77 bits per heavy atom. The van der Waals surface area contributed by atoms with Gasteiger partial charge in [-0.25, -0.2) is 4.99 Å². The number of benzene rings is 1. The van der Waals surface area contributed by atoms with Crippen LogP contribution < -0.4 is 4.80 Å². The fourth-order valence-electron chi connectivity index (χ4n) is 3.23. The van der Waals surface area contributed by atoms with Crippen LogP contribution in [0.4, 0.5) is 5.69 Å². The number of hydrogen-bond donors (Lipinski definition) is 0. The Kier molecular flexibility index (Phi) is 5.33. The van der Waals surface area contributed by atoms with E-state index in [1.54, 1.807) is 0 Å². The van der Waals surface area contributed by atoms with Crippen LogP contribution in [0.3, 0.4) is 0 Å². The van der Waals surface area contributed by atoms with E-state index in [0.717, 1.165) is 46.3 Å². The molecule has 1 unspecified atom stereocenters. The van der Waals surface area contributed by atoms with Gasteiger partial charge in [0.2, 0.25) is 4.80 Å². The highest BCUT2D eigenvalue weighted by Gasteiger charge is 2.30. The fourth-order valence-corrected chi connectivity index (χ4v) is 4.98. The summed E-state index contributed by atoms with van der Waals surface area (Å²) in [5, 5.41) is 0.838. The second-order valence-corrected chi connectivity index (χ2v) is 14.6. The van der Waals surface area contributed by atoms with E-state index in [4.69, 9.17) is 16.6 Å². The maximum Gasteiger partial charge on any atom is 0.209 e. The minimum Gasteiger partial charge on any atom is -0.303 e. The lowest BCUT2D eigenvalue weighted by Crippen LogP contribution is -2.19. The third-order valence-electron chi connectivity index (χ3n) is 5.29. The average molecular weight is 410 g/mol. The van der Waals surface area contributed by atoms with Gasteiger partial charge in [-0.15, -0.1) is 13.2 Å². The predicted molar refractivity (Wildman–Crippen MR) is 118 cm³/mol. The predicted octanol–water partition coefficient (Wildman–Crippen LogP) is 5.36. The van der Waals surface area contributed by atoms with Crippen LogP contribution in [0, 0.1) is 12.3 Å². The van der Waals surface area contributed by atoms with Gasteiger partial charge in [-0.3, -0.25) is 0 Å². The zero-order chi connectivity index (χ0) is 19.3. The monoisotopic (exact) mass is 409 g/mol. The van der Waals surface area contributed by atoms with Gasteiger partial charge in [0.05, 0.1) is 5.69 Å².